The summed E-state index contributed by atoms with van der Waals surface area (Å²) in [7, 11) is 0. The Morgan fingerprint density at radius 3 is 2.58 bits per heavy atom. The molecular weight excluding hydrogens is 408 g/mol. The monoisotopic (exact) mass is 436 g/mol. The van der Waals surface area contributed by atoms with Gasteiger partial charge in [0, 0.05) is 35.9 Å². The Kier molecular flexibility index (Phi) is 7.89. The van der Waals surface area contributed by atoms with E-state index < -0.39 is 0 Å². The molecule has 0 unspecified atom stereocenters. The maximum absolute atomic E-state index is 12.4. The Morgan fingerprint density at radius 1 is 1.10 bits per heavy atom. The van der Waals surface area contributed by atoms with Gasteiger partial charge < -0.3 is 10.6 Å². The van der Waals surface area contributed by atoms with Crippen LogP contribution in [0.15, 0.2) is 60.0 Å². The van der Waals surface area contributed by atoms with E-state index in [1.807, 2.05) is 54.9 Å². The van der Waals surface area contributed by atoms with Crippen LogP contribution in [0.1, 0.15) is 41.3 Å². The number of unbranched alkanes of at least 4 members (excludes halogenated alkanes) is 1. The highest BCUT2D eigenvalue weighted by Gasteiger charge is 2.11. The van der Waals surface area contributed by atoms with Gasteiger partial charge in [-0.1, -0.05) is 42.8 Å². The van der Waals surface area contributed by atoms with E-state index in [0.717, 1.165) is 40.5 Å². The summed E-state index contributed by atoms with van der Waals surface area (Å²) in [5.74, 6) is 0.108. The molecule has 0 fully saturated rings. The molecule has 31 heavy (non-hydrogen) atoms. The number of nitrogens with zero attached hydrogens (tertiary/aromatic N) is 2. The molecule has 7 heteroatoms. The smallest absolute Gasteiger partial charge is 0.251 e. The SMILES string of the molecule is CCCCNC(=O)c1ccc(-n2ccnc2SCC(=O)Nc2ccc(C)cc2C)cc1. The molecule has 0 radical (unpaired) electrons. The fourth-order valence-corrected chi connectivity index (χ4v) is 3.89. The van der Waals surface area contributed by atoms with E-state index in [1.165, 1.54) is 11.8 Å². The van der Waals surface area contributed by atoms with Gasteiger partial charge in [0.2, 0.25) is 5.91 Å². The Labute approximate surface area is 187 Å². The van der Waals surface area contributed by atoms with Crippen molar-refractivity contribution in [2.75, 3.05) is 17.6 Å². The molecule has 3 aromatic rings. The van der Waals surface area contributed by atoms with E-state index >= 15 is 0 Å². The quantitative estimate of drug-likeness (QED) is 0.375. The zero-order valence-electron chi connectivity index (χ0n) is 18.1. The summed E-state index contributed by atoms with van der Waals surface area (Å²) >= 11 is 1.37. The molecule has 162 valence electrons. The van der Waals surface area contributed by atoms with Crippen LogP contribution < -0.4 is 10.6 Å². The van der Waals surface area contributed by atoms with Crippen molar-refractivity contribution in [1.82, 2.24) is 14.9 Å². The second kappa shape index (κ2) is 10.8. The average Bonchev–Trinajstić information content (AvgIpc) is 3.23. The highest BCUT2D eigenvalue weighted by atomic mass is 32.2. The zero-order valence-corrected chi connectivity index (χ0v) is 19.0. The van der Waals surface area contributed by atoms with Crippen molar-refractivity contribution >= 4 is 29.3 Å². The number of rotatable bonds is 9. The lowest BCUT2D eigenvalue weighted by atomic mass is 10.1. The maximum atomic E-state index is 12.4. The number of benzene rings is 2. The number of carbonyl (C=O) groups is 2. The van der Waals surface area contributed by atoms with Crippen LogP contribution in [0.25, 0.3) is 5.69 Å². The van der Waals surface area contributed by atoms with E-state index in [4.69, 9.17) is 0 Å². The highest BCUT2D eigenvalue weighted by molar-refractivity contribution is 7.99. The number of thioether (sulfide) groups is 1. The molecule has 6 nitrogen and oxygen atoms in total. The van der Waals surface area contributed by atoms with Crippen LogP contribution in [-0.4, -0.2) is 33.7 Å². The van der Waals surface area contributed by atoms with Gasteiger partial charge in [0.25, 0.3) is 5.91 Å². The molecule has 2 N–H and O–H groups in total. The fraction of sp³-hybridized carbons (Fsp3) is 0.292. The third-order valence-electron chi connectivity index (χ3n) is 4.82. The maximum Gasteiger partial charge on any atom is 0.251 e. The first-order chi connectivity index (χ1) is 15.0. The van der Waals surface area contributed by atoms with Gasteiger partial charge in [-0.3, -0.25) is 14.2 Å². The molecule has 2 amide bonds. The number of anilines is 1. The number of hydrogen-bond acceptors (Lipinski definition) is 4. The van der Waals surface area contributed by atoms with Crippen LogP contribution in [0.4, 0.5) is 5.69 Å². The van der Waals surface area contributed by atoms with Gasteiger partial charge in [0.15, 0.2) is 5.16 Å². The Hall–Kier alpha value is -3.06. The molecule has 0 saturated heterocycles. The number of hydrogen-bond donors (Lipinski definition) is 2. The predicted molar refractivity (Wildman–Crippen MR) is 126 cm³/mol. The molecule has 0 spiro atoms. The first kappa shape index (κ1) is 22.6. The van der Waals surface area contributed by atoms with Crippen LogP contribution in [0.3, 0.4) is 0 Å². The zero-order chi connectivity index (χ0) is 22.2. The van der Waals surface area contributed by atoms with Crippen LogP contribution >= 0.6 is 11.8 Å². The summed E-state index contributed by atoms with van der Waals surface area (Å²) in [6.07, 6.45) is 5.57. The first-order valence-corrected chi connectivity index (χ1v) is 11.4. The Balaban J connectivity index is 1.60. The van der Waals surface area contributed by atoms with Gasteiger partial charge in [0.1, 0.15) is 0 Å². The van der Waals surface area contributed by atoms with Gasteiger partial charge in [-0.15, -0.1) is 0 Å². The summed E-state index contributed by atoms with van der Waals surface area (Å²) in [6.45, 7) is 6.79. The van der Waals surface area contributed by atoms with Gasteiger partial charge in [0.05, 0.1) is 5.75 Å². The lowest BCUT2D eigenvalue weighted by Gasteiger charge is -2.10. The summed E-state index contributed by atoms with van der Waals surface area (Å²) in [5, 5.41) is 6.60. The van der Waals surface area contributed by atoms with Crippen LogP contribution in [-0.2, 0) is 4.79 Å². The molecule has 0 aliphatic heterocycles. The van der Waals surface area contributed by atoms with E-state index in [1.54, 1.807) is 18.3 Å². The second-order valence-electron chi connectivity index (χ2n) is 7.39. The number of imidazole rings is 1. The molecule has 0 bridgehead atoms. The topological polar surface area (TPSA) is 76.0 Å². The van der Waals surface area contributed by atoms with Crippen LogP contribution in [0.2, 0.25) is 0 Å². The summed E-state index contributed by atoms with van der Waals surface area (Å²) in [5.41, 5.74) is 4.55. The minimum absolute atomic E-state index is 0.0664. The molecular formula is C24H28N4O2S. The molecule has 1 aromatic heterocycles. The van der Waals surface area contributed by atoms with Crippen LogP contribution in [0.5, 0.6) is 0 Å². The van der Waals surface area contributed by atoms with Crippen molar-refractivity contribution in [3.63, 3.8) is 0 Å². The fourth-order valence-electron chi connectivity index (χ4n) is 3.12. The number of aromatic nitrogens is 2. The molecule has 0 atom stereocenters. The molecule has 0 aliphatic carbocycles. The normalized spacial score (nSPS) is 10.7. The summed E-state index contributed by atoms with van der Waals surface area (Å²) in [4.78, 5) is 29.0. The Bertz CT molecular complexity index is 1040. The lowest BCUT2D eigenvalue weighted by Crippen LogP contribution is -2.24. The van der Waals surface area contributed by atoms with Crippen LogP contribution in [0, 0.1) is 13.8 Å². The minimum Gasteiger partial charge on any atom is -0.352 e. The van der Waals surface area contributed by atoms with E-state index in [9.17, 15) is 9.59 Å². The second-order valence-corrected chi connectivity index (χ2v) is 8.33. The molecule has 3 rings (SSSR count). The van der Waals surface area contributed by atoms with Crippen molar-refractivity contribution < 1.29 is 9.59 Å². The highest BCUT2D eigenvalue weighted by Crippen LogP contribution is 2.22. The van der Waals surface area contributed by atoms with Gasteiger partial charge in [-0.2, -0.15) is 0 Å². The number of amides is 2. The van der Waals surface area contributed by atoms with Crippen molar-refractivity contribution in [3.05, 3.63) is 71.5 Å². The predicted octanol–water partition coefficient (Wildman–Crippen LogP) is 4.75. The van der Waals surface area contributed by atoms with Crippen molar-refractivity contribution in [2.45, 2.75) is 38.8 Å². The van der Waals surface area contributed by atoms with Crippen molar-refractivity contribution in [2.24, 2.45) is 0 Å². The number of nitrogens with one attached hydrogen (secondary N) is 2. The summed E-state index contributed by atoms with van der Waals surface area (Å²) in [6, 6.07) is 13.3. The van der Waals surface area contributed by atoms with Gasteiger partial charge in [-0.25, -0.2) is 4.98 Å². The van der Waals surface area contributed by atoms with Crippen molar-refractivity contribution in [3.8, 4) is 5.69 Å². The van der Waals surface area contributed by atoms with Gasteiger partial charge in [-0.05, 0) is 56.2 Å². The lowest BCUT2D eigenvalue weighted by molar-refractivity contribution is -0.113. The third kappa shape index (κ3) is 6.21. The summed E-state index contributed by atoms with van der Waals surface area (Å²) < 4.78 is 1.91. The molecule has 0 saturated carbocycles. The van der Waals surface area contributed by atoms with Crippen molar-refractivity contribution in [1.29, 1.82) is 0 Å². The van der Waals surface area contributed by atoms with E-state index in [-0.39, 0.29) is 17.6 Å². The largest absolute Gasteiger partial charge is 0.352 e. The molecule has 2 aromatic carbocycles. The minimum atomic E-state index is -0.0781. The Morgan fingerprint density at radius 2 is 1.87 bits per heavy atom. The number of carbonyl (C=O) groups excluding carboxylic acids is 2. The number of aryl methyl sites for hydroxylation is 2. The average molecular weight is 437 g/mol. The van der Waals surface area contributed by atoms with E-state index in [0.29, 0.717) is 12.1 Å². The first-order valence-electron chi connectivity index (χ1n) is 10.4. The third-order valence-corrected chi connectivity index (χ3v) is 5.79. The molecule has 0 aliphatic rings. The molecule has 1 heterocycles. The van der Waals surface area contributed by atoms with E-state index in [2.05, 4.69) is 22.5 Å². The standard InChI is InChI=1S/C24H28N4O2S/c1-4-5-12-25-23(30)19-7-9-20(10-8-19)28-14-13-26-24(28)31-16-22(29)27-21-11-6-17(2)15-18(21)3/h6-11,13-15H,4-5,12,16H2,1-3H3,(H,25,30)(H,27,29). The van der Waals surface area contributed by atoms with Gasteiger partial charge >= 0.3 is 0 Å².